The number of benzene rings is 1. The second-order valence-corrected chi connectivity index (χ2v) is 8.15. The predicted molar refractivity (Wildman–Crippen MR) is 71.4 cm³/mol. The first kappa shape index (κ1) is 16.3. The smallest absolute Gasteiger partial charge is 0.390 e. The maximum atomic E-state index is 12.9. The Morgan fingerprint density at radius 2 is 1.71 bits per heavy atom. The van der Waals surface area contributed by atoms with Crippen LogP contribution in [0.15, 0.2) is 35.2 Å². The van der Waals surface area contributed by atoms with Gasteiger partial charge in [0.25, 0.3) is 0 Å². The van der Waals surface area contributed by atoms with Crippen LogP contribution in [0.5, 0.6) is 0 Å². The molecule has 0 heterocycles. The quantitative estimate of drug-likeness (QED) is 0.927. The first-order valence-corrected chi connectivity index (χ1v) is 8.09. The lowest BCUT2D eigenvalue weighted by molar-refractivity contribution is -0.148. The van der Waals surface area contributed by atoms with Gasteiger partial charge in [-0.15, -0.1) is 0 Å². The lowest BCUT2D eigenvalue weighted by Crippen LogP contribution is -2.52. The Morgan fingerprint density at radius 1 is 1.19 bits per heavy atom. The summed E-state index contributed by atoms with van der Waals surface area (Å²) < 4.78 is 62.1. The second-order valence-electron chi connectivity index (χ2n) is 5.74. The van der Waals surface area contributed by atoms with Crippen molar-refractivity contribution in [2.75, 3.05) is 0 Å². The third-order valence-electron chi connectivity index (χ3n) is 4.20. The molecule has 1 aliphatic carbocycles. The summed E-state index contributed by atoms with van der Waals surface area (Å²) in [6.45, 7) is 1.14. The topological polar surface area (TPSA) is 54.4 Å². The van der Waals surface area contributed by atoms with E-state index in [1.54, 1.807) is 6.07 Å². The average Bonchev–Trinajstić information content (AvgIpc) is 2.33. The zero-order valence-corrected chi connectivity index (χ0v) is 12.3. The molecule has 0 aromatic heterocycles. The normalized spacial score (nSPS) is 26.0. The van der Waals surface area contributed by atoms with E-state index in [0.29, 0.717) is 0 Å². The molecule has 1 aliphatic rings. The molecule has 7 heteroatoms. The van der Waals surface area contributed by atoms with Gasteiger partial charge in [-0.25, -0.2) is 8.42 Å². The second kappa shape index (κ2) is 5.28. The van der Waals surface area contributed by atoms with Crippen LogP contribution in [0.3, 0.4) is 0 Å². The van der Waals surface area contributed by atoms with E-state index in [0.717, 1.165) is 6.92 Å². The Bertz CT molecular complexity index is 592. The molecule has 1 unspecified atom stereocenters. The minimum absolute atomic E-state index is 0.0820. The van der Waals surface area contributed by atoms with E-state index in [1.165, 1.54) is 24.3 Å². The number of rotatable bonds is 4. The molecule has 1 fully saturated rings. The van der Waals surface area contributed by atoms with Gasteiger partial charge in [0.05, 0.1) is 22.2 Å². The van der Waals surface area contributed by atoms with Crippen LogP contribution in [0, 0.1) is 5.92 Å². The molecule has 0 spiro atoms. The molecule has 0 radical (unpaired) electrons. The fourth-order valence-corrected chi connectivity index (χ4v) is 4.85. The van der Waals surface area contributed by atoms with Crippen molar-refractivity contribution in [3.05, 3.63) is 30.3 Å². The van der Waals surface area contributed by atoms with Crippen molar-refractivity contribution in [1.82, 2.24) is 0 Å². The van der Waals surface area contributed by atoms with Gasteiger partial charge < -0.3 is 5.11 Å². The van der Waals surface area contributed by atoms with E-state index in [2.05, 4.69) is 0 Å². The zero-order valence-electron chi connectivity index (χ0n) is 11.5. The Labute approximate surface area is 121 Å². The first-order chi connectivity index (χ1) is 9.56. The van der Waals surface area contributed by atoms with Crippen molar-refractivity contribution < 1.29 is 26.7 Å². The lowest BCUT2D eigenvalue weighted by Gasteiger charge is -2.45. The lowest BCUT2D eigenvalue weighted by atomic mass is 9.72. The summed E-state index contributed by atoms with van der Waals surface area (Å²) in [7, 11) is -4.15. The SMILES string of the molecule is CC(CC(F)(F)F)([C@H]1C[C@H](O)C1)S(=O)(=O)c1ccccc1. The molecule has 118 valence electrons. The highest BCUT2D eigenvalue weighted by Gasteiger charge is 2.56. The van der Waals surface area contributed by atoms with Gasteiger partial charge in [-0.2, -0.15) is 13.2 Å². The number of hydrogen-bond donors (Lipinski definition) is 1. The highest BCUT2D eigenvalue weighted by atomic mass is 32.2. The largest absolute Gasteiger partial charge is 0.393 e. The molecule has 1 atom stereocenters. The number of alkyl halides is 3. The van der Waals surface area contributed by atoms with Gasteiger partial charge >= 0.3 is 6.18 Å². The highest BCUT2D eigenvalue weighted by molar-refractivity contribution is 7.92. The standard InChI is InChI=1S/C14H17F3O3S/c1-13(9-14(15,16)17,10-7-11(18)8-10)21(19,20)12-5-3-2-4-6-12/h2-6,10-11,18H,7-9H2,1H3/t10-,11-,13?. The Hall–Kier alpha value is -1.08. The molecular formula is C14H17F3O3S. The van der Waals surface area contributed by atoms with Crippen molar-refractivity contribution in [1.29, 1.82) is 0 Å². The summed E-state index contributed by atoms with van der Waals surface area (Å²) in [4.78, 5) is -0.113. The van der Waals surface area contributed by atoms with Crippen molar-refractivity contribution in [2.45, 2.75) is 48.1 Å². The molecule has 3 nitrogen and oxygen atoms in total. The van der Waals surface area contributed by atoms with Crippen LogP contribution >= 0.6 is 0 Å². The third kappa shape index (κ3) is 3.08. The number of sulfone groups is 1. The van der Waals surface area contributed by atoms with Crippen molar-refractivity contribution in [3.63, 3.8) is 0 Å². The van der Waals surface area contributed by atoms with Crippen molar-refractivity contribution >= 4 is 9.84 Å². The first-order valence-electron chi connectivity index (χ1n) is 6.61. The van der Waals surface area contributed by atoms with E-state index in [4.69, 9.17) is 0 Å². The number of hydrogen-bond acceptors (Lipinski definition) is 3. The van der Waals surface area contributed by atoms with Gasteiger partial charge in [-0.3, -0.25) is 0 Å². The molecule has 1 aromatic carbocycles. The van der Waals surface area contributed by atoms with Crippen LogP contribution in [0.1, 0.15) is 26.2 Å². The molecule has 1 saturated carbocycles. The number of aliphatic hydroxyl groups is 1. The van der Waals surface area contributed by atoms with E-state index in [1.807, 2.05) is 0 Å². The predicted octanol–water partition coefficient (Wildman–Crippen LogP) is 2.94. The maximum Gasteiger partial charge on any atom is 0.390 e. The Kier molecular flexibility index (Phi) is 4.10. The summed E-state index contributed by atoms with van der Waals surface area (Å²) in [5.41, 5.74) is 0. The third-order valence-corrected chi connectivity index (χ3v) is 6.79. The molecule has 2 rings (SSSR count). The van der Waals surface area contributed by atoms with Gasteiger partial charge in [0.2, 0.25) is 0 Å². The highest BCUT2D eigenvalue weighted by Crippen LogP contribution is 2.48. The molecule has 0 aliphatic heterocycles. The van der Waals surface area contributed by atoms with Crippen molar-refractivity contribution in [2.24, 2.45) is 5.92 Å². The summed E-state index contributed by atoms with van der Waals surface area (Å²) in [6, 6.07) is 7.18. The zero-order chi connectivity index (χ0) is 15.9. The van der Waals surface area contributed by atoms with E-state index in [9.17, 15) is 26.7 Å². The number of halogens is 3. The summed E-state index contributed by atoms with van der Waals surface area (Å²) >= 11 is 0. The Morgan fingerprint density at radius 3 is 2.14 bits per heavy atom. The van der Waals surface area contributed by atoms with Gasteiger partial charge in [-0.1, -0.05) is 18.2 Å². The van der Waals surface area contributed by atoms with E-state index >= 15 is 0 Å². The van der Waals surface area contributed by atoms with Crippen LogP contribution in [-0.2, 0) is 9.84 Å². The molecule has 0 bridgehead atoms. The van der Waals surface area contributed by atoms with Crippen LogP contribution in [0.4, 0.5) is 13.2 Å². The molecular weight excluding hydrogens is 305 g/mol. The van der Waals surface area contributed by atoms with Crippen LogP contribution in [-0.4, -0.2) is 30.6 Å². The van der Waals surface area contributed by atoms with Crippen LogP contribution < -0.4 is 0 Å². The molecule has 0 amide bonds. The fourth-order valence-electron chi connectivity index (χ4n) is 2.81. The molecule has 0 saturated heterocycles. The minimum atomic E-state index is -4.59. The van der Waals surface area contributed by atoms with Crippen LogP contribution in [0.2, 0.25) is 0 Å². The summed E-state index contributed by atoms with van der Waals surface area (Å²) in [5, 5.41) is 9.34. The molecule has 21 heavy (non-hydrogen) atoms. The van der Waals surface area contributed by atoms with Gasteiger partial charge in [0.1, 0.15) is 0 Å². The number of aliphatic hydroxyl groups excluding tert-OH is 1. The van der Waals surface area contributed by atoms with Gasteiger partial charge in [-0.05, 0) is 37.8 Å². The summed E-state index contributed by atoms with van der Waals surface area (Å²) in [5.74, 6) is -0.695. The molecule has 1 aromatic rings. The van der Waals surface area contributed by atoms with E-state index < -0.39 is 39.2 Å². The van der Waals surface area contributed by atoms with Crippen LogP contribution in [0.25, 0.3) is 0 Å². The maximum absolute atomic E-state index is 12.9. The minimum Gasteiger partial charge on any atom is -0.393 e. The fraction of sp³-hybridized carbons (Fsp3) is 0.571. The van der Waals surface area contributed by atoms with E-state index in [-0.39, 0.29) is 17.7 Å². The Balaban J connectivity index is 2.44. The average molecular weight is 322 g/mol. The van der Waals surface area contributed by atoms with Crippen molar-refractivity contribution in [3.8, 4) is 0 Å². The monoisotopic (exact) mass is 322 g/mol. The summed E-state index contributed by atoms with van der Waals surface area (Å²) in [6.07, 6.45) is -6.54. The van der Waals surface area contributed by atoms with Gasteiger partial charge in [0.15, 0.2) is 9.84 Å². The molecule has 1 N–H and O–H groups in total. The van der Waals surface area contributed by atoms with Gasteiger partial charge in [0, 0.05) is 0 Å².